The number of aliphatic hydroxyl groups is 1. The summed E-state index contributed by atoms with van der Waals surface area (Å²) in [5.74, 6) is 0. The number of aryl methyl sites for hydroxylation is 1. The molecule has 0 spiro atoms. The van der Waals surface area contributed by atoms with Crippen molar-refractivity contribution in [1.82, 2.24) is 0 Å². The van der Waals surface area contributed by atoms with Gasteiger partial charge in [-0.05, 0) is 6.92 Å². The van der Waals surface area contributed by atoms with Crippen LogP contribution < -0.4 is 5.73 Å². The Balaban J connectivity index is 2.30. The van der Waals surface area contributed by atoms with Crippen LogP contribution in [-0.2, 0) is 15.5 Å². The van der Waals surface area contributed by atoms with E-state index in [-0.39, 0.29) is 0 Å². The highest BCUT2D eigenvalue weighted by atomic mass is 17.3. The molecule has 0 amide bonds. The zero-order valence-corrected chi connectivity index (χ0v) is 7.23. The fourth-order valence-electron chi connectivity index (χ4n) is 1.20. The molecule has 1 aliphatic rings. The summed E-state index contributed by atoms with van der Waals surface area (Å²) in [7, 11) is 0. The molecule has 4 heteroatoms. The van der Waals surface area contributed by atoms with Crippen molar-refractivity contribution in [1.29, 1.82) is 0 Å². The highest BCUT2D eigenvalue weighted by molar-refractivity contribution is 5.27. The standard InChI is InChI=1S/C9H11NO3/c1-6-2-4-7(5-3-6)9(10)8(11)12-13-9/h2-5,8,11H,10H2,1H3. The molecule has 2 unspecified atom stereocenters. The monoisotopic (exact) mass is 181 g/mol. The quantitative estimate of drug-likeness (QED) is 0.615. The average Bonchev–Trinajstić information content (AvgIpc) is 2.15. The first-order chi connectivity index (χ1) is 6.13. The number of rotatable bonds is 1. The molecule has 1 aliphatic heterocycles. The van der Waals surface area contributed by atoms with Gasteiger partial charge < -0.3 is 5.11 Å². The van der Waals surface area contributed by atoms with Gasteiger partial charge in [-0.2, -0.15) is 4.89 Å². The summed E-state index contributed by atoms with van der Waals surface area (Å²) < 4.78 is 0. The summed E-state index contributed by atoms with van der Waals surface area (Å²) in [5, 5.41) is 9.22. The van der Waals surface area contributed by atoms with Gasteiger partial charge >= 0.3 is 0 Å². The molecule has 1 aromatic rings. The van der Waals surface area contributed by atoms with Gasteiger partial charge in [0.2, 0.25) is 12.0 Å². The molecule has 1 heterocycles. The van der Waals surface area contributed by atoms with Gasteiger partial charge in [-0.1, -0.05) is 29.8 Å². The Morgan fingerprint density at radius 3 is 2.38 bits per heavy atom. The fourth-order valence-corrected chi connectivity index (χ4v) is 1.20. The van der Waals surface area contributed by atoms with E-state index in [1.807, 2.05) is 19.1 Å². The lowest BCUT2D eigenvalue weighted by Gasteiger charge is -2.40. The average molecular weight is 181 g/mol. The zero-order chi connectivity index (χ0) is 9.47. The van der Waals surface area contributed by atoms with Gasteiger partial charge in [0.15, 0.2) is 0 Å². The Kier molecular flexibility index (Phi) is 1.85. The van der Waals surface area contributed by atoms with E-state index in [1.54, 1.807) is 12.1 Å². The number of benzene rings is 1. The Morgan fingerprint density at radius 2 is 2.00 bits per heavy atom. The minimum Gasteiger partial charge on any atom is -0.362 e. The second-order valence-electron chi connectivity index (χ2n) is 3.19. The highest BCUT2D eigenvalue weighted by Gasteiger charge is 2.49. The van der Waals surface area contributed by atoms with Gasteiger partial charge in [0.1, 0.15) is 0 Å². The third-order valence-electron chi connectivity index (χ3n) is 2.15. The summed E-state index contributed by atoms with van der Waals surface area (Å²) in [5.41, 5.74) is 6.35. The highest BCUT2D eigenvalue weighted by Crippen LogP contribution is 2.33. The van der Waals surface area contributed by atoms with E-state index < -0.39 is 12.0 Å². The lowest BCUT2D eigenvalue weighted by Crippen LogP contribution is -2.60. The molecule has 0 aliphatic carbocycles. The van der Waals surface area contributed by atoms with Gasteiger partial charge in [-0.15, -0.1) is 0 Å². The van der Waals surface area contributed by atoms with Crippen LogP contribution >= 0.6 is 0 Å². The molecule has 1 aromatic carbocycles. The molecule has 13 heavy (non-hydrogen) atoms. The maximum atomic E-state index is 9.22. The maximum Gasteiger partial charge on any atom is 0.239 e. The van der Waals surface area contributed by atoms with Crippen LogP contribution in [0.4, 0.5) is 0 Å². The van der Waals surface area contributed by atoms with Crippen molar-refractivity contribution < 1.29 is 14.9 Å². The predicted molar refractivity (Wildman–Crippen MR) is 45.2 cm³/mol. The number of aliphatic hydroxyl groups excluding tert-OH is 1. The fraction of sp³-hybridized carbons (Fsp3) is 0.333. The van der Waals surface area contributed by atoms with E-state index in [4.69, 9.17) is 5.73 Å². The summed E-state index contributed by atoms with van der Waals surface area (Å²) in [6, 6.07) is 7.42. The minimum absolute atomic E-state index is 0.705. The van der Waals surface area contributed by atoms with Crippen molar-refractivity contribution in [2.24, 2.45) is 5.73 Å². The Morgan fingerprint density at radius 1 is 1.38 bits per heavy atom. The number of nitrogens with two attached hydrogens (primary N) is 1. The molecule has 0 bridgehead atoms. The normalized spacial score (nSPS) is 32.7. The van der Waals surface area contributed by atoms with Crippen LogP contribution in [-0.4, -0.2) is 11.4 Å². The summed E-state index contributed by atoms with van der Waals surface area (Å²) in [4.78, 5) is 9.05. The molecule has 0 aromatic heterocycles. The Labute approximate surface area is 75.8 Å². The molecule has 1 saturated heterocycles. The molecule has 4 nitrogen and oxygen atoms in total. The van der Waals surface area contributed by atoms with Gasteiger partial charge in [0, 0.05) is 5.56 Å². The van der Waals surface area contributed by atoms with Crippen molar-refractivity contribution in [3.05, 3.63) is 35.4 Å². The molecule has 2 atom stereocenters. The van der Waals surface area contributed by atoms with Crippen LogP contribution in [0.15, 0.2) is 24.3 Å². The minimum atomic E-state index is -1.20. The van der Waals surface area contributed by atoms with Crippen LogP contribution in [0.1, 0.15) is 11.1 Å². The lowest BCUT2D eigenvalue weighted by atomic mass is 10.0. The van der Waals surface area contributed by atoms with Gasteiger partial charge in [-0.25, -0.2) is 4.89 Å². The summed E-state index contributed by atoms with van der Waals surface area (Å²) >= 11 is 0. The topological polar surface area (TPSA) is 64.7 Å². The molecule has 0 radical (unpaired) electrons. The van der Waals surface area contributed by atoms with Crippen LogP contribution in [0.5, 0.6) is 0 Å². The summed E-state index contributed by atoms with van der Waals surface area (Å²) in [6.45, 7) is 1.97. The van der Waals surface area contributed by atoms with Gasteiger partial charge in [0.25, 0.3) is 0 Å². The number of hydrogen-bond acceptors (Lipinski definition) is 4. The Bertz CT molecular complexity index is 311. The third kappa shape index (κ3) is 1.24. The van der Waals surface area contributed by atoms with Crippen molar-refractivity contribution in [3.8, 4) is 0 Å². The van der Waals surface area contributed by atoms with Crippen molar-refractivity contribution in [2.45, 2.75) is 18.9 Å². The van der Waals surface area contributed by atoms with E-state index in [0.717, 1.165) is 5.56 Å². The molecule has 70 valence electrons. The van der Waals surface area contributed by atoms with E-state index in [2.05, 4.69) is 9.78 Å². The van der Waals surface area contributed by atoms with Gasteiger partial charge in [-0.3, -0.25) is 5.73 Å². The van der Waals surface area contributed by atoms with Crippen molar-refractivity contribution >= 4 is 0 Å². The van der Waals surface area contributed by atoms with Gasteiger partial charge in [0.05, 0.1) is 0 Å². The van der Waals surface area contributed by atoms with Crippen molar-refractivity contribution in [2.75, 3.05) is 0 Å². The van der Waals surface area contributed by atoms with E-state index in [1.165, 1.54) is 0 Å². The predicted octanol–water partition coefficient (Wildman–Crippen LogP) is 0.387. The molecule has 3 N–H and O–H groups in total. The van der Waals surface area contributed by atoms with E-state index in [0.29, 0.717) is 5.56 Å². The first kappa shape index (κ1) is 8.65. The second kappa shape index (κ2) is 2.78. The third-order valence-corrected chi connectivity index (χ3v) is 2.15. The molecule has 2 rings (SSSR count). The Hall–Kier alpha value is -0.940. The molecular formula is C9H11NO3. The van der Waals surface area contributed by atoms with Crippen LogP contribution in [0.3, 0.4) is 0 Å². The molecular weight excluding hydrogens is 170 g/mol. The second-order valence-corrected chi connectivity index (χ2v) is 3.19. The van der Waals surface area contributed by atoms with E-state index in [9.17, 15) is 5.11 Å². The van der Waals surface area contributed by atoms with Crippen LogP contribution in [0.25, 0.3) is 0 Å². The van der Waals surface area contributed by atoms with Crippen molar-refractivity contribution in [3.63, 3.8) is 0 Å². The zero-order valence-electron chi connectivity index (χ0n) is 7.23. The van der Waals surface area contributed by atoms with Crippen LogP contribution in [0.2, 0.25) is 0 Å². The number of hydrogen-bond donors (Lipinski definition) is 2. The molecule has 1 fully saturated rings. The molecule has 0 saturated carbocycles. The smallest absolute Gasteiger partial charge is 0.239 e. The first-order valence-electron chi connectivity index (χ1n) is 4.01. The summed E-state index contributed by atoms with van der Waals surface area (Å²) in [6.07, 6.45) is -1.09. The van der Waals surface area contributed by atoms with E-state index >= 15 is 0 Å². The first-order valence-corrected chi connectivity index (χ1v) is 4.01. The SMILES string of the molecule is Cc1ccc(C2(N)OOC2O)cc1. The maximum absolute atomic E-state index is 9.22. The largest absolute Gasteiger partial charge is 0.362 e. The van der Waals surface area contributed by atoms with Crippen LogP contribution in [0, 0.1) is 6.92 Å². The lowest BCUT2D eigenvalue weighted by molar-refractivity contribution is -0.562.